The normalized spacial score (nSPS) is 24.2. The molecule has 2 nitrogen and oxygen atoms in total. The average Bonchev–Trinajstić information content (AvgIpc) is 2.76. The Morgan fingerprint density at radius 2 is 1.94 bits per heavy atom. The van der Waals surface area contributed by atoms with Crippen molar-refractivity contribution in [1.29, 1.82) is 0 Å². The van der Waals surface area contributed by atoms with Gasteiger partial charge in [-0.1, -0.05) is 33.6 Å². The number of rotatable bonds is 7. The fraction of sp³-hybridized carbons (Fsp3) is 1.00. The van der Waals surface area contributed by atoms with E-state index >= 15 is 0 Å². The highest BCUT2D eigenvalue weighted by Gasteiger charge is 2.28. The van der Waals surface area contributed by atoms with Gasteiger partial charge in [-0.3, -0.25) is 4.90 Å². The predicted octanol–water partition coefficient (Wildman–Crippen LogP) is 2.89. The van der Waals surface area contributed by atoms with Gasteiger partial charge in [-0.25, -0.2) is 0 Å². The number of nitrogens with zero attached hydrogens (tertiary/aromatic N) is 1. The van der Waals surface area contributed by atoms with Gasteiger partial charge in [-0.05, 0) is 32.2 Å². The van der Waals surface area contributed by atoms with E-state index in [9.17, 15) is 0 Å². The molecule has 2 unspecified atom stereocenters. The molecule has 0 aromatic carbocycles. The molecule has 1 fully saturated rings. The molecule has 0 saturated carbocycles. The van der Waals surface area contributed by atoms with Crippen LogP contribution in [0.1, 0.15) is 53.4 Å². The van der Waals surface area contributed by atoms with Crippen LogP contribution < -0.4 is 5.32 Å². The largest absolute Gasteiger partial charge is 0.313 e. The monoisotopic (exact) mass is 226 g/mol. The van der Waals surface area contributed by atoms with Crippen molar-refractivity contribution in [2.24, 2.45) is 5.92 Å². The minimum Gasteiger partial charge on any atom is -0.313 e. The molecule has 1 aliphatic heterocycles. The molecule has 1 heterocycles. The summed E-state index contributed by atoms with van der Waals surface area (Å²) in [6.45, 7) is 13.0. The Kier molecular flexibility index (Phi) is 6.37. The van der Waals surface area contributed by atoms with Crippen molar-refractivity contribution in [1.82, 2.24) is 10.2 Å². The minimum absolute atomic E-state index is 0.747. The van der Waals surface area contributed by atoms with E-state index in [0.717, 1.165) is 18.0 Å². The average molecular weight is 226 g/mol. The van der Waals surface area contributed by atoms with Crippen molar-refractivity contribution in [3.63, 3.8) is 0 Å². The lowest BCUT2D eigenvalue weighted by Gasteiger charge is -2.30. The third-order valence-electron chi connectivity index (χ3n) is 4.21. The van der Waals surface area contributed by atoms with Gasteiger partial charge in [0.2, 0.25) is 0 Å². The van der Waals surface area contributed by atoms with E-state index in [0.29, 0.717) is 0 Å². The Morgan fingerprint density at radius 1 is 1.25 bits per heavy atom. The van der Waals surface area contributed by atoms with Crippen molar-refractivity contribution in [2.45, 2.75) is 65.5 Å². The lowest BCUT2D eigenvalue weighted by atomic mass is 9.94. The van der Waals surface area contributed by atoms with Crippen molar-refractivity contribution < 1.29 is 0 Å². The Morgan fingerprint density at radius 3 is 2.50 bits per heavy atom. The van der Waals surface area contributed by atoms with Gasteiger partial charge in [0.25, 0.3) is 0 Å². The van der Waals surface area contributed by atoms with Crippen LogP contribution in [0.2, 0.25) is 0 Å². The molecule has 1 saturated heterocycles. The molecule has 2 atom stereocenters. The second-order valence-electron chi connectivity index (χ2n) is 5.25. The van der Waals surface area contributed by atoms with Crippen LogP contribution >= 0.6 is 0 Å². The summed E-state index contributed by atoms with van der Waals surface area (Å²) in [5, 5.41) is 3.65. The van der Waals surface area contributed by atoms with Crippen molar-refractivity contribution in [3.8, 4) is 0 Å². The highest BCUT2D eigenvalue weighted by atomic mass is 15.2. The van der Waals surface area contributed by atoms with Crippen LogP contribution in [0.15, 0.2) is 0 Å². The number of likely N-dealkylation sites (tertiary alicyclic amines) is 1. The van der Waals surface area contributed by atoms with Crippen LogP contribution in [-0.2, 0) is 0 Å². The third-order valence-corrected chi connectivity index (χ3v) is 4.21. The van der Waals surface area contributed by atoms with Crippen LogP contribution in [0.25, 0.3) is 0 Å². The van der Waals surface area contributed by atoms with E-state index in [2.05, 4.69) is 37.9 Å². The van der Waals surface area contributed by atoms with Gasteiger partial charge < -0.3 is 5.32 Å². The summed E-state index contributed by atoms with van der Waals surface area (Å²) in [7, 11) is 0. The molecule has 0 aromatic rings. The summed E-state index contributed by atoms with van der Waals surface area (Å²) in [6.07, 6.45) is 5.23. The first-order valence-electron chi connectivity index (χ1n) is 7.20. The maximum atomic E-state index is 3.65. The molecule has 0 spiro atoms. The maximum Gasteiger partial charge on any atom is 0.0207 e. The topological polar surface area (TPSA) is 15.3 Å². The molecule has 0 aromatic heterocycles. The number of nitrogens with one attached hydrogen (secondary N) is 1. The second-order valence-corrected chi connectivity index (χ2v) is 5.25. The SMILES string of the molecule is CCCNC1CCN(C(C)C(CC)CC)C1. The quantitative estimate of drug-likeness (QED) is 0.718. The summed E-state index contributed by atoms with van der Waals surface area (Å²) < 4.78 is 0. The molecule has 16 heavy (non-hydrogen) atoms. The summed E-state index contributed by atoms with van der Waals surface area (Å²) in [6, 6.07) is 1.51. The minimum atomic E-state index is 0.747. The summed E-state index contributed by atoms with van der Waals surface area (Å²) in [4.78, 5) is 2.69. The van der Waals surface area contributed by atoms with Crippen LogP contribution in [-0.4, -0.2) is 36.6 Å². The molecule has 1 aliphatic rings. The standard InChI is InChI=1S/C14H30N2/c1-5-9-15-14-8-10-16(11-14)12(4)13(6-2)7-3/h12-15H,5-11H2,1-4H3. The predicted molar refractivity (Wildman–Crippen MR) is 71.8 cm³/mol. The van der Waals surface area contributed by atoms with Gasteiger partial charge >= 0.3 is 0 Å². The molecular formula is C14H30N2. The number of hydrogen-bond donors (Lipinski definition) is 1. The lowest BCUT2D eigenvalue weighted by Crippen LogP contribution is -2.39. The Bertz CT molecular complexity index is 178. The molecule has 0 amide bonds. The summed E-state index contributed by atoms with van der Waals surface area (Å²) in [5.74, 6) is 0.880. The zero-order valence-electron chi connectivity index (χ0n) is 11.6. The van der Waals surface area contributed by atoms with Crippen LogP contribution in [0.4, 0.5) is 0 Å². The highest BCUT2D eigenvalue weighted by molar-refractivity contribution is 4.85. The maximum absolute atomic E-state index is 3.65. The fourth-order valence-corrected chi connectivity index (χ4v) is 2.94. The Balaban J connectivity index is 2.33. The van der Waals surface area contributed by atoms with Crippen LogP contribution in [0.3, 0.4) is 0 Å². The lowest BCUT2D eigenvalue weighted by molar-refractivity contribution is 0.177. The first-order chi connectivity index (χ1) is 7.72. The molecule has 0 radical (unpaired) electrons. The zero-order valence-corrected chi connectivity index (χ0v) is 11.6. The molecule has 0 aliphatic carbocycles. The molecule has 2 heteroatoms. The van der Waals surface area contributed by atoms with Gasteiger partial charge in [-0.15, -0.1) is 0 Å². The molecule has 1 rings (SSSR count). The van der Waals surface area contributed by atoms with Gasteiger partial charge in [0.15, 0.2) is 0 Å². The second kappa shape index (κ2) is 7.29. The van der Waals surface area contributed by atoms with Gasteiger partial charge in [0.05, 0.1) is 0 Å². The van der Waals surface area contributed by atoms with Crippen LogP contribution in [0.5, 0.6) is 0 Å². The van der Waals surface area contributed by atoms with E-state index in [4.69, 9.17) is 0 Å². The van der Waals surface area contributed by atoms with Gasteiger partial charge in [0.1, 0.15) is 0 Å². The highest BCUT2D eigenvalue weighted by Crippen LogP contribution is 2.22. The third kappa shape index (κ3) is 3.74. The first-order valence-corrected chi connectivity index (χ1v) is 7.20. The first kappa shape index (κ1) is 14.0. The van der Waals surface area contributed by atoms with E-state index < -0.39 is 0 Å². The fourth-order valence-electron chi connectivity index (χ4n) is 2.94. The van der Waals surface area contributed by atoms with E-state index in [1.165, 1.54) is 45.3 Å². The molecule has 1 N–H and O–H groups in total. The van der Waals surface area contributed by atoms with E-state index in [1.54, 1.807) is 0 Å². The van der Waals surface area contributed by atoms with Crippen molar-refractivity contribution >= 4 is 0 Å². The summed E-state index contributed by atoms with van der Waals surface area (Å²) in [5.41, 5.74) is 0. The molecule has 96 valence electrons. The van der Waals surface area contributed by atoms with E-state index in [1.807, 2.05) is 0 Å². The molecular weight excluding hydrogens is 196 g/mol. The van der Waals surface area contributed by atoms with E-state index in [-0.39, 0.29) is 0 Å². The van der Waals surface area contributed by atoms with Crippen LogP contribution in [0, 0.1) is 5.92 Å². The Hall–Kier alpha value is -0.0800. The van der Waals surface area contributed by atoms with Gasteiger partial charge in [0, 0.05) is 25.2 Å². The summed E-state index contributed by atoms with van der Waals surface area (Å²) >= 11 is 0. The number of hydrogen-bond acceptors (Lipinski definition) is 2. The Labute approximate surface area is 102 Å². The van der Waals surface area contributed by atoms with Crippen molar-refractivity contribution in [2.75, 3.05) is 19.6 Å². The smallest absolute Gasteiger partial charge is 0.0207 e. The van der Waals surface area contributed by atoms with Crippen molar-refractivity contribution in [3.05, 3.63) is 0 Å². The van der Waals surface area contributed by atoms with Gasteiger partial charge in [-0.2, -0.15) is 0 Å². The molecule has 0 bridgehead atoms. The zero-order chi connectivity index (χ0) is 12.0.